The summed E-state index contributed by atoms with van der Waals surface area (Å²) in [6.07, 6.45) is 2.35. The fourth-order valence-corrected chi connectivity index (χ4v) is 2.05. The second kappa shape index (κ2) is 9.23. The van der Waals surface area contributed by atoms with Gasteiger partial charge in [-0.05, 0) is 37.6 Å². The largest absolute Gasteiger partial charge is 0.395 e. The van der Waals surface area contributed by atoms with Crippen LogP contribution in [0.4, 0.5) is 16.2 Å². The number of likely N-dealkylation sites (N-methyl/N-ethyl adjacent to an activating group) is 1. The molecular weight excluding hydrogens is 266 g/mol. The molecule has 0 aromatic heterocycles. The van der Waals surface area contributed by atoms with Gasteiger partial charge in [-0.1, -0.05) is 13.3 Å². The summed E-state index contributed by atoms with van der Waals surface area (Å²) in [7, 11) is 2.07. The van der Waals surface area contributed by atoms with E-state index < -0.39 is 0 Å². The number of unbranched alkanes of at least 4 members (excludes halogenated alkanes) is 1. The molecule has 2 amide bonds. The summed E-state index contributed by atoms with van der Waals surface area (Å²) in [5, 5.41) is 11.8. The van der Waals surface area contributed by atoms with Gasteiger partial charge in [0, 0.05) is 38.1 Å². The zero-order valence-electron chi connectivity index (χ0n) is 13.3. The van der Waals surface area contributed by atoms with E-state index in [1.807, 2.05) is 31.2 Å². The fraction of sp³-hybridized carbons (Fsp3) is 0.562. The molecule has 1 rings (SSSR count). The second-order valence-electron chi connectivity index (χ2n) is 5.06. The van der Waals surface area contributed by atoms with Crippen LogP contribution in [0.25, 0.3) is 0 Å². The van der Waals surface area contributed by atoms with Crippen molar-refractivity contribution in [2.24, 2.45) is 0 Å². The molecule has 118 valence electrons. The maximum absolute atomic E-state index is 12.0. The summed E-state index contributed by atoms with van der Waals surface area (Å²) in [5.74, 6) is 0. The molecule has 1 aromatic rings. The molecule has 0 bridgehead atoms. The van der Waals surface area contributed by atoms with Gasteiger partial charge in [-0.25, -0.2) is 4.79 Å². The van der Waals surface area contributed by atoms with Gasteiger partial charge in [0.2, 0.25) is 0 Å². The van der Waals surface area contributed by atoms with E-state index in [2.05, 4.69) is 24.2 Å². The van der Waals surface area contributed by atoms with Crippen molar-refractivity contribution in [3.05, 3.63) is 24.3 Å². The number of aliphatic hydroxyl groups is 1. The van der Waals surface area contributed by atoms with Crippen LogP contribution < -0.4 is 10.2 Å². The minimum Gasteiger partial charge on any atom is -0.395 e. The molecule has 0 aliphatic carbocycles. The van der Waals surface area contributed by atoms with E-state index >= 15 is 0 Å². The Morgan fingerprint density at radius 2 is 1.86 bits per heavy atom. The first-order chi connectivity index (χ1) is 10.1. The highest BCUT2D eigenvalue weighted by Crippen LogP contribution is 2.17. The maximum Gasteiger partial charge on any atom is 0.321 e. The number of urea groups is 1. The van der Waals surface area contributed by atoms with Crippen molar-refractivity contribution in [3.63, 3.8) is 0 Å². The van der Waals surface area contributed by atoms with Crippen LogP contribution in [0.3, 0.4) is 0 Å². The molecule has 1 aromatic carbocycles. The third-order valence-corrected chi connectivity index (χ3v) is 3.45. The second-order valence-corrected chi connectivity index (χ2v) is 5.06. The lowest BCUT2D eigenvalue weighted by Gasteiger charge is -2.21. The molecule has 0 aliphatic heterocycles. The number of nitrogens with zero attached hydrogens (tertiary/aromatic N) is 2. The summed E-state index contributed by atoms with van der Waals surface area (Å²) in [6.45, 7) is 5.99. The summed E-state index contributed by atoms with van der Waals surface area (Å²) in [5.41, 5.74) is 1.91. The van der Waals surface area contributed by atoms with Gasteiger partial charge >= 0.3 is 6.03 Å². The molecule has 0 unspecified atom stereocenters. The number of hydrogen-bond acceptors (Lipinski definition) is 3. The molecule has 0 aliphatic rings. The van der Waals surface area contributed by atoms with Crippen molar-refractivity contribution < 1.29 is 9.90 Å². The number of nitrogens with one attached hydrogen (secondary N) is 1. The first-order valence-corrected chi connectivity index (χ1v) is 7.60. The van der Waals surface area contributed by atoms with Crippen LogP contribution in [0.1, 0.15) is 26.7 Å². The quantitative estimate of drug-likeness (QED) is 0.775. The van der Waals surface area contributed by atoms with Crippen LogP contribution in [0.5, 0.6) is 0 Å². The molecule has 0 saturated heterocycles. The summed E-state index contributed by atoms with van der Waals surface area (Å²) < 4.78 is 0. The third-order valence-electron chi connectivity index (χ3n) is 3.45. The van der Waals surface area contributed by atoms with Gasteiger partial charge in [-0.15, -0.1) is 0 Å². The number of rotatable bonds is 8. The first kappa shape index (κ1) is 17.3. The highest BCUT2D eigenvalue weighted by atomic mass is 16.3. The number of amides is 2. The minimum absolute atomic E-state index is 0.0254. The normalized spacial score (nSPS) is 10.3. The summed E-state index contributed by atoms with van der Waals surface area (Å²) >= 11 is 0. The predicted octanol–water partition coefficient (Wildman–Crippen LogP) is 2.77. The SMILES string of the molecule is CCCCN(C)c1ccc(NC(=O)N(CC)CCO)cc1. The molecule has 5 heteroatoms. The Kier molecular flexibility index (Phi) is 7.61. The smallest absolute Gasteiger partial charge is 0.321 e. The number of aliphatic hydroxyl groups excluding tert-OH is 1. The molecule has 21 heavy (non-hydrogen) atoms. The van der Waals surface area contributed by atoms with Gasteiger partial charge in [-0.2, -0.15) is 0 Å². The summed E-state index contributed by atoms with van der Waals surface area (Å²) in [6, 6.07) is 7.64. The fourth-order valence-electron chi connectivity index (χ4n) is 2.05. The number of anilines is 2. The lowest BCUT2D eigenvalue weighted by Crippen LogP contribution is -2.36. The van der Waals surface area contributed by atoms with Crippen LogP contribution in [-0.4, -0.2) is 49.3 Å². The molecule has 0 atom stereocenters. The van der Waals surface area contributed by atoms with E-state index in [4.69, 9.17) is 5.11 Å². The van der Waals surface area contributed by atoms with Gasteiger partial charge in [0.1, 0.15) is 0 Å². The lowest BCUT2D eigenvalue weighted by atomic mass is 10.2. The monoisotopic (exact) mass is 293 g/mol. The van der Waals surface area contributed by atoms with Crippen LogP contribution >= 0.6 is 0 Å². The Hall–Kier alpha value is -1.75. The van der Waals surface area contributed by atoms with Gasteiger partial charge < -0.3 is 20.2 Å². The lowest BCUT2D eigenvalue weighted by molar-refractivity contribution is 0.192. The average Bonchev–Trinajstić information content (AvgIpc) is 2.50. The zero-order valence-corrected chi connectivity index (χ0v) is 13.3. The summed E-state index contributed by atoms with van der Waals surface area (Å²) in [4.78, 5) is 15.8. The minimum atomic E-state index is -0.182. The Morgan fingerprint density at radius 1 is 1.19 bits per heavy atom. The van der Waals surface area contributed by atoms with Crippen LogP contribution in [0, 0.1) is 0 Å². The van der Waals surface area contributed by atoms with Crippen LogP contribution in [-0.2, 0) is 0 Å². The van der Waals surface area contributed by atoms with Gasteiger partial charge in [0.25, 0.3) is 0 Å². The number of hydrogen-bond donors (Lipinski definition) is 2. The molecular formula is C16H27N3O2. The molecule has 0 fully saturated rings. The standard InChI is InChI=1S/C16H27N3O2/c1-4-6-11-18(3)15-9-7-14(8-10-15)17-16(21)19(5-2)12-13-20/h7-10,20H,4-6,11-13H2,1-3H3,(H,17,21). The van der Waals surface area contributed by atoms with Gasteiger partial charge in [0.15, 0.2) is 0 Å². The maximum atomic E-state index is 12.0. The Labute approximate surface area is 127 Å². The molecule has 2 N–H and O–H groups in total. The van der Waals surface area contributed by atoms with E-state index in [0.29, 0.717) is 13.1 Å². The molecule has 0 saturated carbocycles. The highest BCUT2D eigenvalue weighted by molar-refractivity contribution is 5.89. The predicted molar refractivity (Wildman–Crippen MR) is 88.0 cm³/mol. The molecule has 0 heterocycles. The topological polar surface area (TPSA) is 55.8 Å². The molecule has 5 nitrogen and oxygen atoms in total. The van der Waals surface area contributed by atoms with Crippen LogP contribution in [0.2, 0.25) is 0 Å². The van der Waals surface area contributed by atoms with Crippen molar-refractivity contribution in [1.29, 1.82) is 0 Å². The molecule has 0 radical (unpaired) electrons. The zero-order chi connectivity index (χ0) is 15.7. The van der Waals surface area contributed by atoms with E-state index in [9.17, 15) is 4.79 Å². The number of carbonyl (C=O) groups excluding carboxylic acids is 1. The van der Waals surface area contributed by atoms with E-state index in [-0.39, 0.29) is 12.6 Å². The van der Waals surface area contributed by atoms with Gasteiger partial charge in [0.05, 0.1) is 6.61 Å². The number of benzene rings is 1. The van der Waals surface area contributed by atoms with E-state index in [1.54, 1.807) is 4.90 Å². The Morgan fingerprint density at radius 3 is 2.38 bits per heavy atom. The number of carbonyl (C=O) groups is 1. The van der Waals surface area contributed by atoms with Crippen LogP contribution in [0.15, 0.2) is 24.3 Å². The Balaban J connectivity index is 2.59. The third kappa shape index (κ3) is 5.63. The Bertz CT molecular complexity index is 420. The van der Waals surface area contributed by atoms with Gasteiger partial charge in [-0.3, -0.25) is 0 Å². The van der Waals surface area contributed by atoms with Crippen molar-refractivity contribution in [3.8, 4) is 0 Å². The van der Waals surface area contributed by atoms with Crippen molar-refractivity contribution >= 4 is 17.4 Å². The van der Waals surface area contributed by atoms with Crippen molar-refractivity contribution in [1.82, 2.24) is 4.90 Å². The van der Waals surface area contributed by atoms with E-state index in [1.165, 1.54) is 12.8 Å². The first-order valence-electron chi connectivity index (χ1n) is 7.60. The average molecular weight is 293 g/mol. The highest BCUT2D eigenvalue weighted by Gasteiger charge is 2.10. The van der Waals surface area contributed by atoms with Crippen molar-refractivity contribution in [2.75, 3.05) is 43.5 Å². The van der Waals surface area contributed by atoms with Crippen molar-refractivity contribution in [2.45, 2.75) is 26.7 Å². The van der Waals surface area contributed by atoms with E-state index in [0.717, 1.165) is 17.9 Å². The molecule has 0 spiro atoms.